The SMILES string of the molecule is NCC1(C(=O)NC2CC=CC2)CCCCCC1. The quantitative estimate of drug-likeness (QED) is 0.582. The van der Waals surface area contributed by atoms with Gasteiger partial charge in [0.25, 0.3) is 0 Å². The second kappa shape index (κ2) is 5.67. The van der Waals surface area contributed by atoms with Crippen molar-refractivity contribution in [3.05, 3.63) is 12.2 Å². The molecule has 0 spiro atoms. The number of nitrogens with one attached hydrogen (secondary N) is 1. The van der Waals surface area contributed by atoms with Crippen molar-refractivity contribution in [1.29, 1.82) is 0 Å². The van der Waals surface area contributed by atoms with Crippen molar-refractivity contribution in [2.75, 3.05) is 6.54 Å². The van der Waals surface area contributed by atoms with Gasteiger partial charge in [0.2, 0.25) is 5.91 Å². The van der Waals surface area contributed by atoms with Gasteiger partial charge in [0, 0.05) is 12.6 Å². The maximum atomic E-state index is 12.4. The van der Waals surface area contributed by atoms with Crippen LogP contribution in [0.2, 0.25) is 0 Å². The summed E-state index contributed by atoms with van der Waals surface area (Å²) < 4.78 is 0. The molecule has 0 saturated heterocycles. The maximum absolute atomic E-state index is 12.4. The summed E-state index contributed by atoms with van der Waals surface area (Å²) in [5, 5.41) is 3.19. The highest BCUT2D eigenvalue weighted by molar-refractivity contribution is 5.83. The summed E-state index contributed by atoms with van der Waals surface area (Å²) in [6.07, 6.45) is 13.0. The molecule has 2 rings (SSSR count). The summed E-state index contributed by atoms with van der Waals surface area (Å²) in [4.78, 5) is 12.4. The fraction of sp³-hybridized carbons (Fsp3) is 0.786. The van der Waals surface area contributed by atoms with Crippen LogP contribution in [0.25, 0.3) is 0 Å². The van der Waals surface area contributed by atoms with Crippen molar-refractivity contribution < 1.29 is 4.79 Å². The van der Waals surface area contributed by atoms with E-state index >= 15 is 0 Å². The zero-order valence-electron chi connectivity index (χ0n) is 10.6. The van der Waals surface area contributed by atoms with E-state index in [-0.39, 0.29) is 11.3 Å². The van der Waals surface area contributed by atoms with Crippen molar-refractivity contribution in [1.82, 2.24) is 5.32 Å². The number of hydrogen-bond acceptors (Lipinski definition) is 2. The topological polar surface area (TPSA) is 55.1 Å². The predicted octanol–water partition coefficient (Wildman–Crippen LogP) is 2.12. The molecule has 0 atom stereocenters. The first-order valence-corrected chi connectivity index (χ1v) is 6.93. The lowest BCUT2D eigenvalue weighted by molar-refractivity contribution is -0.132. The Labute approximate surface area is 104 Å². The molecule has 0 bridgehead atoms. The molecule has 0 heterocycles. The van der Waals surface area contributed by atoms with Gasteiger partial charge in [-0.3, -0.25) is 4.79 Å². The van der Waals surface area contributed by atoms with E-state index in [1.165, 1.54) is 12.8 Å². The Morgan fingerprint density at radius 2 is 1.76 bits per heavy atom. The maximum Gasteiger partial charge on any atom is 0.227 e. The molecule has 3 N–H and O–H groups in total. The summed E-state index contributed by atoms with van der Waals surface area (Å²) in [6.45, 7) is 0.499. The molecule has 2 aliphatic rings. The molecule has 1 saturated carbocycles. The van der Waals surface area contributed by atoms with Crippen LogP contribution in [0.15, 0.2) is 12.2 Å². The highest BCUT2D eigenvalue weighted by Crippen LogP contribution is 2.34. The lowest BCUT2D eigenvalue weighted by Crippen LogP contribution is -2.48. The summed E-state index contributed by atoms with van der Waals surface area (Å²) in [5.41, 5.74) is 5.63. The molecule has 0 aliphatic heterocycles. The second-order valence-electron chi connectivity index (χ2n) is 5.51. The first-order chi connectivity index (χ1) is 8.27. The van der Waals surface area contributed by atoms with Gasteiger partial charge in [-0.05, 0) is 25.7 Å². The van der Waals surface area contributed by atoms with Crippen molar-refractivity contribution >= 4 is 5.91 Å². The normalized spacial score (nSPS) is 24.5. The summed E-state index contributed by atoms with van der Waals surface area (Å²) in [7, 11) is 0. The molecule has 3 nitrogen and oxygen atoms in total. The van der Waals surface area contributed by atoms with Gasteiger partial charge in [-0.25, -0.2) is 0 Å². The van der Waals surface area contributed by atoms with Crippen LogP contribution in [0.3, 0.4) is 0 Å². The molecule has 0 aromatic carbocycles. The fourth-order valence-electron chi connectivity index (χ4n) is 3.00. The molecule has 0 unspecified atom stereocenters. The van der Waals surface area contributed by atoms with Crippen molar-refractivity contribution in [3.63, 3.8) is 0 Å². The first-order valence-electron chi connectivity index (χ1n) is 6.93. The van der Waals surface area contributed by atoms with Gasteiger partial charge in [0.05, 0.1) is 5.41 Å². The summed E-state index contributed by atoms with van der Waals surface area (Å²) >= 11 is 0. The van der Waals surface area contributed by atoms with E-state index in [4.69, 9.17) is 5.73 Å². The molecule has 96 valence electrons. The molecule has 0 radical (unpaired) electrons. The van der Waals surface area contributed by atoms with E-state index in [1.54, 1.807) is 0 Å². The van der Waals surface area contributed by atoms with Gasteiger partial charge < -0.3 is 11.1 Å². The van der Waals surface area contributed by atoms with E-state index < -0.39 is 0 Å². The lowest BCUT2D eigenvalue weighted by atomic mass is 9.79. The Balaban J connectivity index is 1.97. The average Bonchev–Trinajstić information content (AvgIpc) is 2.72. The molecular formula is C14H24N2O. The summed E-state index contributed by atoms with van der Waals surface area (Å²) in [6, 6.07) is 0.314. The van der Waals surface area contributed by atoms with E-state index in [0.29, 0.717) is 12.6 Å². The predicted molar refractivity (Wildman–Crippen MR) is 69.5 cm³/mol. The van der Waals surface area contributed by atoms with Crippen LogP contribution in [-0.4, -0.2) is 18.5 Å². The van der Waals surface area contributed by atoms with Crippen LogP contribution in [0, 0.1) is 5.41 Å². The number of carbonyl (C=O) groups excluding carboxylic acids is 1. The van der Waals surface area contributed by atoms with Gasteiger partial charge in [-0.15, -0.1) is 0 Å². The molecule has 0 aromatic heterocycles. The van der Waals surface area contributed by atoms with Gasteiger partial charge in [-0.1, -0.05) is 37.8 Å². The zero-order valence-corrected chi connectivity index (χ0v) is 10.6. The highest BCUT2D eigenvalue weighted by atomic mass is 16.2. The Hall–Kier alpha value is -0.830. The third-order valence-electron chi connectivity index (χ3n) is 4.28. The van der Waals surface area contributed by atoms with E-state index in [2.05, 4.69) is 17.5 Å². The van der Waals surface area contributed by atoms with Gasteiger partial charge in [0.15, 0.2) is 0 Å². The van der Waals surface area contributed by atoms with Crippen LogP contribution in [-0.2, 0) is 4.79 Å². The third kappa shape index (κ3) is 2.89. The van der Waals surface area contributed by atoms with Gasteiger partial charge in [-0.2, -0.15) is 0 Å². The number of hydrogen-bond donors (Lipinski definition) is 2. The Morgan fingerprint density at radius 3 is 2.29 bits per heavy atom. The molecule has 17 heavy (non-hydrogen) atoms. The number of carbonyl (C=O) groups is 1. The van der Waals surface area contributed by atoms with Gasteiger partial charge >= 0.3 is 0 Å². The second-order valence-corrected chi connectivity index (χ2v) is 5.51. The van der Waals surface area contributed by atoms with Crippen molar-refractivity contribution in [2.45, 2.75) is 57.4 Å². The Bertz CT molecular complexity index is 283. The highest BCUT2D eigenvalue weighted by Gasteiger charge is 2.37. The zero-order chi connectivity index (χ0) is 12.1. The lowest BCUT2D eigenvalue weighted by Gasteiger charge is -2.31. The number of nitrogens with two attached hydrogens (primary N) is 1. The Morgan fingerprint density at radius 1 is 1.18 bits per heavy atom. The minimum absolute atomic E-state index is 0.204. The van der Waals surface area contributed by atoms with Crippen molar-refractivity contribution in [3.8, 4) is 0 Å². The van der Waals surface area contributed by atoms with Crippen LogP contribution in [0.5, 0.6) is 0 Å². The first kappa shape index (κ1) is 12.6. The largest absolute Gasteiger partial charge is 0.352 e. The number of rotatable bonds is 3. The molecule has 1 amide bonds. The van der Waals surface area contributed by atoms with Crippen LogP contribution in [0.1, 0.15) is 51.4 Å². The molecule has 3 heteroatoms. The monoisotopic (exact) mass is 236 g/mol. The number of amides is 1. The fourth-order valence-corrected chi connectivity index (χ4v) is 3.00. The van der Waals surface area contributed by atoms with E-state index in [0.717, 1.165) is 38.5 Å². The average molecular weight is 236 g/mol. The molecular weight excluding hydrogens is 212 g/mol. The Kier molecular flexibility index (Phi) is 4.21. The molecule has 1 fully saturated rings. The van der Waals surface area contributed by atoms with Crippen LogP contribution < -0.4 is 11.1 Å². The molecule has 2 aliphatic carbocycles. The minimum atomic E-state index is -0.279. The van der Waals surface area contributed by atoms with Crippen LogP contribution >= 0.6 is 0 Å². The standard InChI is InChI=1S/C14H24N2O/c15-11-14(9-5-1-2-6-10-14)13(17)16-12-7-3-4-8-12/h3-4,12H,1-2,5-11,15H2,(H,16,17). The van der Waals surface area contributed by atoms with E-state index in [9.17, 15) is 4.79 Å². The van der Waals surface area contributed by atoms with Crippen LogP contribution in [0.4, 0.5) is 0 Å². The molecule has 0 aromatic rings. The van der Waals surface area contributed by atoms with E-state index in [1.807, 2.05) is 0 Å². The smallest absolute Gasteiger partial charge is 0.227 e. The van der Waals surface area contributed by atoms with Crippen molar-refractivity contribution in [2.24, 2.45) is 11.1 Å². The third-order valence-corrected chi connectivity index (χ3v) is 4.28. The summed E-state index contributed by atoms with van der Waals surface area (Å²) in [5.74, 6) is 0.204. The minimum Gasteiger partial charge on any atom is -0.352 e. The van der Waals surface area contributed by atoms with Gasteiger partial charge in [0.1, 0.15) is 0 Å².